The number of hydrogen-bond donors (Lipinski definition) is 0. The Balaban J connectivity index is 2.68. The minimum absolute atomic E-state index is 0.389. The summed E-state index contributed by atoms with van der Waals surface area (Å²) in [5, 5.41) is 4.05. The molecule has 0 spiro atoms. The molecule has 0 aliphatic carbocycles. The number of aryl methyl sites for hydroxylation is 1. The Kier molecular flexibility index (Phi) is 1.69. The molecule has 0 radical (unpaired) electrons. The quantitative estimate of drug-likeness (QED) is 0.485. The van der Waals surface area contributed by atoms with Crippen LogP contribution < -0.4 is 0 Å². The van der Waals surface area contributed by atoms with Gasteiger partial charge in [0.15, 0.2) is 5.82 Å². The molecular weight excluding hydrogens is 166 g/mol. The molecule has 0 bridgehead atoms. The standard InChI is InChI=1S/C9H7N3O/c1-7-2-3-8-4-9(10-6-13)11-12(8)5-7/h2-5H,1H3. The highest BCUT2D eigenvalue weighted by atomic mass is 16.1. The highest BCUT2D eigenvalue weighted by Gasteiger charge is 1.98. The SMILES string of the molecule is Cc1ccc2cc(N=C=O)nn2c1. The van der Waals surface area contributed by atoms with Gasteiger partial charge in [0.05, 0.1) is 5.52 Å². The van der Waals surface area contributed by atoms with Crippen LogP contribution in [0.2, 0.25) is 0 Å². The smallest absolute Gasteiger partial charge is 0.239 e. The van der Waals surface area contributed by atoms with Crippen molar-refractivity contribution in [2.45, 2.75) is 6.92 Å². The van der Waals surface area contributed by atoms with Gasteiger partial charge in [0.1, 0.15) is 0 Å². The summed E-state index contributed by atoms with van der Waals surface area (Å²) < 4.78 is 1.69. The zero-order valence-electron chi connectivity index (χ0n) is 7.06. The normalized spacial score (nSPS) is 9.92. The molecule has 0 fully saturated rings. The van der Waals surface area contributed by atoms with E-state index in [2.05, 4.69) is 10.1 Å². The lowest BCUT2D eigenvalue weighted by Gasteiger charge is -1.92. The summed E-state index contributed by atoms with van der Waals surface area (Å²) in [7, 11) is 0. The van der Waals surface area contributed by atoms with E-state index in [4.69, 9.17) is 0 Å². The monoisotopic (exact) mass is 173 g/mol. The Morgan fingerprint density at radius 2 is 2.38 bits per heavy atom. The van der Waals surface area contributed by atoms with Gasteiger partial charge in [0.2, 0.25) is 6.08 Å². The third-order valence-corrected chi connectivity index (χ3v) is 1.75. The first-order valence-corrected chi connectivity index (χ1v) is 3.83. The van der Waals surface area contributed by atoms with Gasteiger partial charge in [0, 0.05) is 12.3 Å². The van der Waals surface area contributed by atoms with Crippen LogP contribution in [0.1, 0.15) is 5.56 Å². The molecule has 0 N–H and O–H groups in total. The van der Waals surface area contributed by atoms with Gasteiger partial charge in [0.25, 0.3) is 0 Å². The molecule has 64 valence electrons. The molecule has 0 aromatic carbocycles. The Morgan fingerprint density at radius 3 is 3.15 bits per heavy atom. The number of carbonyl (C=O) groups excluding carboxylic acids is 1. The second-order valence-corrected chi connectivity index (χ2v) is 2.78. The minimum Gasteiger partial charge on any atom is -0.239 e. The Hall–Kier alpha value is -1.93. The molecule has 0 atom stereocenters. The molecule has 0 aliphatic rings. The lowest BCUT2D eigenvalue weighted by Crippen LogP contribution is -1.86. The maximum absolute atomic E-state index is 9.98. The molecule has 13 heavy (non-hydrogen) atoms. The first kappa shape index (κ1) is 7.71. The second kappa shape index (κ2) is 2.84. The van der Waals surface area contributed by atoms with Crippen LogP contribution in [0.25, 0.3) is 5.52 Å². The minimum atomic E-state index is 0.389. The van der Waals surface area contributed by atoms with Crippen LogP contribution >= 0.6 is 0 Å². The van der Waals surface area contributed by atoms with E-state index in [0.29, 0.717) is 5.82 Å². The van der Waals surface area contributed by atoms with Gasteiger partial charge in [-0.2, -0.15) is 0 Å². The van der Waals surface area contributed by atoms with E-state index in [1.165, 1.54) is 6.08 Å². The summed E-state index contributed by atoms with van der Waals surface area (Å²) >= 11 is 0. The fourth-order valence-corrected chi connectivity index (χ4v) is 1.18. The van der Waals surface area contributed by atoms with Crippen molar-refractivity contribution >= 4 is 17.4 Å². The van der Waals surface area contributed by atoms with E-state index in [9.17, 15) is 4.79 Å². The van der Waals surface area contributed by atoms with Gasteiger partial charge >= 0.3 is 0 Å². The molecule has 2 aromatic rings. The molecule has 4 nitrogen and oxygen atoms in total. The summed E-state index contributed by atoms with van der Waals surface area (Å²) in [4.78, 5) is 13.4. The van der Waals surface area contributed by atoms with Gasteiger partial charge < -0.3 is 0 Å². The molecule has 0 aliphatic heterocycles. The third kappa shape index (κ3) is 1.35. The van der Waals surface area contributed by atoms with Crippen LogP contribution in [-0.4, -0.2) is 15.7 Å². The number of aliphatic imine (C=N–C) groups is 1. The molecule has 2 rings (SSSR count). The molecule has 2 aromatic heterocycles. The van der Waals surface area contributed by atoms with E-state index in [0.717, 1.165) is 11.1 Å². The summed E-state index contributed by atoms with van der Waals surface area (Å²) in [6, 6.07) is 5.63. The maximum Gasteiger partial charge on any atom is 0.242 e. The number of pyridine rings is 1. The molecule has 0 saturated heterocycles. The Morgan fingerprint density at radius 1 is 1.54 bits per heavy atom. The summed E-state index contributed by atoms with van der Waals surface area (Å²) in [5.74, 6) is 0.389. The molecule has 0 unspecified atom stereocenters. The number of rotatable bonds is 1. The van der Waals surface area contributed by atoms with Crippen molar-refractivity contribution in [2.75, 3.05) is 0 Å². The first-order valence-electron chi connectivity index (χ1n) is 3.83. The van der Waals surface area contributed by atoms with Crippen molar-refractivity contribution in [3.05, 3.63) is 30.0 Å². The van der Waals surface area contributed by atoms with Crippen LogP contribution in [0.5, 0.6) is 0 Å². The summed E-state index contributed by atoms with van der Waals surface area (Å²) in [6.45, 7) is 1.98. The highest BCUT2D eigenvalue weighted by Crippen LogP contribution is 2.13. The molecule has 0 amide bonds. The van der Waals surface area contributed by atoms with Gasteiger partial charge in [-0.1, -0.05) is 6.07 Å². The van der Waals surface area contributed by atoms with Crippen LogP contribution in [0.15, 0.2) is 29.4 Å². The van der Waals surface area contributed by atoms with E-state index < -0.39 is 0 Å². The van der Waals surface area contributed by atoms with E-state index in [-0.39, 0.29) is 0 Å². The van der Waals surface area contributed by atoms with Gasteiger partial charge in [-0.05, 0) is 18.6 Å². The predicted octanol–water partition coefficient (Wildman–Crippen LogP) is 1.61. The Labute approximate surface area is 74.5 Å². The van der Waals surface area contributed by atoms with Gasteiger partial charge in [-0.3, -0.25) is 0 Å². The highest BCUT2D eigenvalue weighted by molar-refractivity contribution is 5.56. The van der Waals surface area contributed by atoms with Crippen molar-refractivity contribution in [3.63, 3.8) is 0 Å². The fourth-order valence-electron chi connectivity index (χ4n) is 1.18. The average molecular weight is 173 g/mol. The zero-order valence-corrected chi connectivity index (χ0v) is 7.06. The van der Waals surface area contributed by atoms with Crippen molar-refractivity contribution in [3.8, 4) is 0 Å². The fraction of sp³-hybridized carbons (Fsp3) is 0.111. The number of isocyanates is 1. The van der Waals surface area contributed by atoms with Crippen LogP contribution in [0.3, 0.4) is 0 Å². The van der Waals surface area contributed by atoms with Crippen LogP contribution in [0, 0.1) is 6.92 Å². The second-order valence-electron chi connectivity index (χ2n) is 2.78. The van der Waals surface area contributed by atoms with Crippen molar-refractivity contribution < 1.29 is 4.79 Å². The summed E-state index contributed by atoms with van der Waals surface area (Å²) in [5.41, 5.74) is 2.02. The third-order valence-electron chi connectivity index (χ3n) is 1.75. The average Bonchev–Trinajstić information content (AvgIpc) is 2.46. The number of hydrogen-bond acceptors (Lipinski definition) is 3. The molecule has 4 heteroatoms. The first-order chi connectivity index (χ1) is 6.29. The van der Waals surface area contributed by atoms with E-state index in [1.807, 2.05) is 25.3 Å². The lowest BCUT2D eigenvalue weighted by atomic mass is 10.3. The van der Waals surface area contributed by atoms with Crippen LogP contribution in [0.4, 0.5) is 5.82 Å². The van der Waals surface area contributed by atoms with Gasteiger partial charge in [-0.25, -0.2) is 9.31 Å². The predicted molar refractivity (Wildman–Crippen MR) is 47.7 cm³/mol. The molecule has 0 saturated carbocycles. The molecular formula is C9H7N3O. The van der Waals surface area contributed by atoms with E-state index >= 15 is 0 Å². The number of fused-ring (bicyclic) bond motifs is 1. The Bertz CT molecular complexity index is 495. The number of aromatic nitrogens is 2. The van der Waals surface area contributed by atoms with Gasteiger partial charge in [-0.15, -0.1) is 10.1 Å². The topological polar surface area (TPSA) is 46.7 Å². The largest absolute Gasteiger partial charge is 0.242 e. The van der Waals surface area contributed by atoms with Crippen molar-refractivity contribution in [2.24, 2.45) is 4.99 Å². The maximum atomic E-state index is 9.98. The van der Waals surface area contributed by atoms with E-state index in [1.54, 1.807) is 10.6 Å². The van der Waals surface area contributed by atoms with Crippen LogP contribution in [-0.2, 0) is 4.79 Å². The lowest BCUT2D eigenvalue weighted by molar-refractivity contribution is 0.565. The van der Waals surface area contributed by atoms with Crippen molar-refractivity contribution in [1.82, 2.24) is 9.61 Å². The molecule has 2 heterocycles. The van der Waals surface area contributed by atoms with Crippen molar-refractivity contribution in [1.29, 1.82) is 0 Å². The summed E-state index contributed by atoms with van der Waals surface area (Å²) in [6.07, 6.45) is 3.33. The number of nitrogens with zero attached hydrogens (tertiary/aromatic N) is 3. The zero-order chi connectivity index (χ0) is 9.26.